The van der Waals surface area contributed by atoms with Gasteiger partial charge in [-0.05, 0) is 120 Å². The van der Waals surface area contributed by atoms with Crippen LogP contribution in [0.15, 0.2) is 47.6 Å². The predicted octanol–water partition coefficient (Wildman–Crippen LogP) is 7.00. The molecule has 2 amide bonds. The number of aliphatic hydroxyl groups is 2. The molecule has 0 aromatic carbocycles. The number of nitrogens with one attached hydrogen (secondary N) is 1. The number of ketones is 3. The molecule has 3 N–H and O–H groups in total. The standard InChI is InChI=1S/C60H94N2O17S/c1-13-28-76-57(68)45(26-29-80(12)72)61-59(70)78-48-25-23-43(33-51(48)74-10)32-39(5)50-35-47(63)38(4)31-41(7)53(65)54(75-11)52(64)40(6)30-36(2)19-15-14-16-20-37(3)49(73-9)34-44-24-22-42(8)60(71,79-44)55(66)56(67)62-27-18-17-21-46(62)58(69)77-50/h14-16,19-20,31,36,38-40,42-46,48-51,53-54,65,71H,13,17-18,21-30,32-35H2,1-12H3,(H,61,70)/b16-14+,19-15+,37-20+,41-31+/t36?,38?,39?,40-,42-,43?,44?,45?,46+,48-,49?,50?,51?,53-,54?,60-,80?/m1/s1. The fourth-order valence-corrected chi connectivity index (χ4v) is 12.0. The number of piperidine rings is 1. The molecule has 2 saturated heterocycles. The zero-order chi connectivity index (χ0) is 59.4. The summed E-state index contributed by atoms with van der Waals surface area (Å²) in [5.41, 5.74) is 1.20. The Morgan fingerprint density at radius 3 is 2.29 bits per heavy atom. The molecule has 20 heteroatoms. The minimum Gasteiger partial charge on any atom is -0.464 e. The van der Waals surface area contributed by atoms with Gasteiger partial charge in [0, 0.05) is 81.3 Å². The van der Waals surface area contributed by atoms with Crippen LogP contribution in [0, 0.1) is 35.5 Å². The number of ether oxygens (including phenoxy) is 7. The second-order valence-electron chi connectivity index (χ2n) is 22.9. The summed E-state index contributed by atoms with van der Waals surface area (Å²) in [6, 6.07) is -2.28. The Labute approximate surface area is 477 Å². The van der Waals surface area contributed by atoms with Crippen LogP contribution in [0.2, 0.25) is 0 Å². The summed E-state index contributed by atoms with van der Waals surface area (Å²) in [4.78, 5) is 98.9. The monoisotopic (exact) mass is 1150 g/mol. The van der Waals surface area contributed by atoms with Gasteiger partial charge in [-0.1, -0.05) is 78.0 Å². The number of carbonyl (C=O) groups is 7. The molecule has 4 aliphatic rings. The first-order chi connectivity index (χ1) is 37.9. The zero-order valence-corrected chi connectivity index (χ0v) is 50.3. The number of hydrogen-bond donors (Lipinski definition) is 3. The number of rotatable bonds is 14. The van der Waals surface area contributed by atoms with E-state index in [0.717, 1.165) is 10.5 Å². The maximum absolute atomic E-state index is 14.6. The van der Waals surface area contributed by atoms with Crippen LogP contribution >= 0.6 is 0 Å². The van der Waals surface area contributed by atoms with Gasteiger partial charge in [0.25, 0.3) is 11.7 Å². The lowest BCUT2D eigenvalue weighted by Crippen LogP contribution is -2.61. The largest absolute Gasteiger partial charge is 0.464 e. The molecular weight excluding hydrogens is 1050 g/mol. The number of Topliss-reactive ketones (excluding diaryl/α,β-unsaturated/α-hetero) is 3. The number of allylic oxidation sites excluding steroid dienone is 6. The van der Waals surface area contributed by atoms with Crippen molar-refractivity contribution in [3.8, 4) is 0 Å². The third kappa shape index (κ3) is 19.6. The molecule has 19 nitrogen and oxygen atoms in total. The molecule has 0 radical (unpaired) electrons. The lowest BCUT2D eigenvalue weighted by molar-refractivity contribution is -0.265. The number of cyclic esters (lactones) is 1. The predicted molar refractivity (Wildman–Crippen MR) is 301 cm³/mol. The van der Waals surface area contributed by atoms with Crippen LogP contribution in [0.4, 0.5) is 4.79 Å². The number of alkyl carbamates (subject to hydrolysis) is 1. The van der Waals surface area contributed by atoms with E-state index >= 15 is 0 Å². The van der Waals surface area contributed by atoms with Crippen molar-refractivity contribution in [2.45, 2.75) is 206 Å². The van der Waals surface area contributed by atoms with E-state index in [-0.39, 0.29) is 68.0 Å². The molecular formula is C60H94N2O17S. The molecule has 0 spiro atoms. The minimum absolute atomic E-state index is 0.0155. The Morgan fingerprint density at radius 2 is 1.62 bits per heavy atom. The van der Waals surface area contributed by atoms with Crippen molar-refractivity contribution in [1.29, 1.82) is 0 Å². The van der Waals surface area contributed by atoms with Crippen LogP contribution < -0.4 is 5.32 Å². The molecule has 11 unspecified atom stereocenters. The first-order valence-corrected chi connectivity index (χ1v) is 30.5. The SMILES string of the molecule is CCCOC(=O)C(CCS(C)=O)NC(=O)O[C@@H]1CCC(CC(C)C2CC(=O)C(C)/C=C(\C)[C@@H](O)C(OC)C(=O)[C@H](C)CC(C)/C=C/C=C/C=C(\C)C(OC)CC3CC[C@@H](C)[C@@](O)(O3)C(=O)C(=O)N3CCCC[C@H]3C(=O)O2)CC1OC. The van der Waals surface area contributed by atoms with Crippen LogP contribution in [0.1, 0.15) is 145 Å². The average Bonchev–Trinajstić information content (AvgIpc) is 3.56. The minimum atomic E-state index is -2.48. The molecule has 0 aromatic rings. The Kier molecular flexibility index (Phi) is 28.1. The number of esters is 2. The van der Waals surface area contributed by atoms with Gasteiger partial charge in [-0.25, -0.2) is 14.4 Å². The maximum Gasteiger partial charge on any atom is 0.408 e. The van der Waals surface area contributed by atoms with Gasteiger partial charge in [-0.2, -0.15) is 0 Å². The average molecular weight is 1150 g/mol. The van der Waals surface area contributed by atoms with Crippen LogP contribution in [-0.4, -0.2) is 168 Å². The van der Waals surface area contributed by atoms with Crippen LogP contribution in [0.5, 0.6) is 0 Å². The van der Waals surface area contributed by atoms with Crippen LogP contribution in [0.25, 0.3) is 0 Å². The smallest absolute Gasteiger partial charge is 0.408 e. The number of aliphatic hydroxyl groups excluding tert-OH is 1. The fourth-order valence-electron chi connectivity index (χ4n) is 11.4. The van der Waals surface area contributed by atoms with Gasteiger partial charge in [0.1, 0.15) is 42.3 Å². The van der Waals surface area contributed by atoms with E-state index in [1.54, 1.807) is 40.9 Å². The van der Waals surface area contributed by atoms with Crippen molar-refractivity contribution in [3.63, 3.8) is 0 Å². The molecule has 1 saturated carbocycles. The van der Waals surface area contributed by atoms with Crippen molar-refractivity contribution in [3.05, 3.63) is 47.6 Å². The number of fused-ring (bicyclic) bond motifs is 3. The molecule has 2 bridgehead atoms. The van der Waals surface area contributed by atoms with E-state index < -0.39 is 125 Å². The second kappa shape index (κ2) is 33.0. The third-order valence-electron chi connectivity index (χ3n) is 16.4. The molecule has 3 aliphatic heterocycles. The summed E-state index contributed by atoms with van der Waals surface area (Å²) in [5.74, 6) is -9.27. The van der Waals surface area contributed by atoms with E-state index in [0.29, 0.717) is 69.8 Å². The fraction of sp³-hybridized carbons (Fsp3) is 0.750. The lowest BCUT2D eigenvalue weighted by Gasteiger charge is -2.42. The highest BCUT2D eigenvalue weighted by Crippen LogP contribution is 2.38. The number of amides is 2. The lowest BCUT2D eigenvalue weighted by atomic mass is 9.78. The number of nitrogens with zero attached hydrogens (tertiary/aromatic N) is 1. The van der Waals surface area contributed by atoms with Gasteiger partial charge in [0.05, 0.1) is 24.9 Å². The summed E-state index contributed by atoms with van der Waals surface area (Å²) in [6.45, 7) is 14.5. The van der Waals surface area contributed by atoms with Crippen LogP contribution in [0.3, 0.4) is 0 Å². The van der Waals surface area contributed by atoms with Gasteiger partial charge in [-0.15, -0.1) is 0 Å². The molecule has 3 heterocycles. The first-order valence-electron chi connectivity index (χ1n) is 28.8. The Morgan fingerprint density at radius 1 is 0.900 bits per heavy atom. The highest BCUT2D eigenvalue weighted by atomic mass is 32.2. The Balaban J connectivity index is 1.65. The van der Waals surface area contributed by atoms with Crippen molar-refractivity contribution in [2.75, 3.05) is 46.5 Å². The number of methoxy groups -OCH3 is 3. The second-order valence-corrected chi connectivity index (χ2v) is 24.5. The van der Waals surface area contributed by atoms with Gasteiger partial charge in [0.2, 0.25) is 5.79 Å². The van der Waals surface area contributed by atoms with Gasteiger partial charge in [-0.3, -0.25) is 23.4 Å². The van der Waals surface area contributed by atoms with Crippen molar-refractivity contribution in [2.24, 2.45) is 35.5 Å². The van der Waals surface area contributed by atoms with E-state index in [4.69, 9.17) is 33.2 Å². The summed E-state index contributed by atoms with van der Waals surface area (Å²) in [6.07, 6.45) is 10.8. The summed E-state index contributed by atoms with van der Waals surface area (Å²) < 4.78 is 52.8. The molecule has 452 valence electrons. The Bertz CT molecular complexity index is 2250. The molecule has 0 aromatic heterocycles. The van der Waals surface area contributed by atoms with E-state index in [9.17, 15) is 48.0 Å². The van der Waals surface area contributed by atoms with Crippen molar-refractivity contribution in [1.82, 2.24) is 10.2 Å². The normalized spacial score (nSPS) is 35.6. The summed E-state index contributed by atoms with van der Waals surface area (Å²) in [5, 5.41) is 26.2. The van der Waals surface area contributed by atoms with Crippen molar-refractivity contribution < 1.29 is 81.1 Å². The van der Waals surface area contributed by atoms with E-state index in [1.165, 1.54) is 20.5 Å². The topological polar surface area (TPSA) is 257 Å². The number of carbonyl (C=O) groups excluding carboxylic acids is 7. The highest BCUT2D eigenvalue weighted by Gasteiger charge is 2.53. The molecule has 17 atom stereocenters. The summed E-state index contributed by atoms with van der Waals surface area (Å²) in [7, 11) is 3.20. The van der Waals surface area contributed by atoms with E-state index in [2.05, 4.69) is 5.32 Å². The van der Waals surface area contributed by atoms with Gasteiger partial charge >= 0.3 is 18.0 Å². The Hall–Kier alpha value is -4.44. The van der Waals surface area contributed by atoms with Gasteiger partial charge < -0.3 is 53.6 Å². The maximum atomic E-state index is 14.6. The quantitative estimate of drug-likeness (QED) is 0.0684. The first kappa shape index (κ1) is 68.1. The van der Waals surface area contributed by atoms with Crippen molar-refractivity contribution >= 4 is 52.1 Å². The summed E-state index contributed by atoms with van der Waals surface area (Å²) >= 11 is 0. The van der Waals surface area contributed by atoms with Crippen LogP contribution in [-0.2, 0) is 72.7 Å². The highest BCUT2D eigenvalue weighted by molar-refractivity contribution is 7.84. The molecule has 80 heavy (non-hydrogen) atoms. The molecule has 3 fully saturated rings. The molecule has 4 rings (SSSR count). The number of hydrogen-bond acceptors (Lipinski definition) is 17. The zero-order valence-electron chi connectivity index (χ0n) is 49.5. The molecule has 1 aliphatic carbocycles. The van der Waals surface area contributed by atoms with Gasteiger partial charge in [0.15, 0.2) is 5.78 Å². The third-order valence-corrected chi connectivity index (χ3v) is 17.2. The van der Waals surface area contributed by atoms with E-state index in [1.807, 2.05) is 58.1 Å².